The molecule has 0 radical (unpaired) electrons. The molecule has 3 unspecified atom stereocenters. The van der Waals surface area contributed by atoms with E-state index in [2.05, 4.69) is 21.1 Å². The van der Waals surface area contributed by atoms with Crippen molar-refractivity contribution >= 4 is 11.8 Å². The number of nitrogens with one attached hydrogen (secondary N) is 1. The molecule has 0 aromatic carbocycles. The molecule has 1 aliphatic carbocycles. The zero-order valence-electron chi connectivity index (χ0n) is 11.5. The molecule has 1 saturated heterocycles. The van der Waals surface area contributed by atoms with E-state index in [-0.39, 0.29) is 6.10 Å². The monoisotopic (exact) mass is 281 g/mol. The van der Waals surface area contributed by atoms with Gasteiger partial charge in [0.2, 0.25) is 0 Å². The second-order valence-corrected chi connectivity index (χ2v) is 6.61. The SMILES string of the molecule is CSC1CCCC(n2cncc2C2CNCCO2)C1. The molecule has 2 heterocycles. The van der Waals surface area contributed by atoms with Gasteiger partial charge in [0, 0.05) is 24.4 Å². The van der Waals surface area contributed by atoms with Crippen LogP contribution in [-0.4, -0.2) is 40.8 Å². The number of imidazole rings is 1. The number of nitrogens with zero attached hydrogens (tertiary/aromatic N) is 2. The predicted octanol–water partition coefficient (Wildman–Crippen LogP) is 2.39. The second kappa shape index (κ2) is 6.29. The molecule has 4 nitrogen and oxygen atoms in total. The van der Waals surface area contributed by atoms with Gasteiger partial charge in [0.1, 0.15) is 6.10 Å². The summed E-state index contributed by atoms with van der Waals surface area (Å²) in [6.07, 6.45) is 11.6. The van der Waals surface area contributed by atoms with Crippen molar-refractivity contribution in [2.45, 2.75) is 43.1 Å². The van der Waals surface area contributed by atoms with Crippen LogP contribution in [0.4, 0.5) is 0 Å². The molecular weight excluding hydrogens is 258 g/mol. The van der Waals surface area contributed by atoms with Gasteiger partial charge in [0.25, 0.3) is 0 Å². The largest absolute Gasteiger partial charge is 0.369 e. The first-order chi connectivity index (χ1) is 9.38. The number of hydrogen-bond acceptors (Lipinski definition) is 4. The summed E-state index contributed by atoms with van der Waals surface area (Å²) in [5.74, 6) is 0. The summed E-state index contributed by atoms with van der Waals surface area (Å²) in [6, 6.07) is 0.606. The molecule has 106 valence electrons. The van der Waals surface area contributed by atoms with Crippen LogP contribution in [0.15, 0.2) is 12.5 Å². The van der Waals surface area contributed by atoms with E-state index in [0.717, 1.165) is 24.9 Å². The quantitative estimate of drug-likeness (QED) is 0.923. The third kappa shape index (κ3) is 2.98. The predicted molar refractivity (Wildman–Crippen MR) is 78.6 cm³/mol. The molecule has 0 bridgehead atoms. The van der Waals surface area contributed by atoms with Gasteiger partial charge in [0.15, 0.2) is 0 Å². The molecule has 1 aromatic rings. The van der Waals surface area contributed by atoms with Crippen LogP contribution in [0.5, 0.6) is 0 Å². The van der Waals surface area contributed by atoms with Crippen molar-refractivity contribution in [2.24, 2.45) is 0 Å². The van der Waals surface area contributed by atoms with Gasteiger partial charge in [0.05, 0.1) is 24.8 Å². The van der Waals surface area contributed by atoms with E-state index in [9.17, 15) is 0 Å². The molecule has 3 rings (SSSR count). The zero-order chi connectivity index (χ0) is 13.1. The molecule has 1 N–H and O–H groups in total. The van der Waals surface area contributed by atoms with E-state index in [4.69, 9.17) is 4.74 Å². The van der Waals surface area contributed by atoms with Crippen LogP contribution in [0.3, 0.4) is 0 Å². The first kappa shape index (κ1) is 13.5. The van der Waals surface area contributed by atoms with Gasteiger partial charge in [-0.05, 0) is 25.5 Å². The summed E-state index contributed by atoms with van der Waals surface area (Å²) < 4.78 is 8.25. The topological polar surface area (TPSA) is 39.1 Å². The highest BCUT2D eigenvalue weighted by molar-refractivity contribution is 7.99. The van der Waals surface area contributed by atoms with Gasteiger partial charge in [-0.1, -0.05) is 6.42 Å². The van der Waals surface area contributed by atoms with Crippen LogP contribution >= 0.6 is 11.8 Å². The van der Waals surface area contributed by atoms with Crippen LogP contribution in [-0.2, 0) is 4.74 Å². The third-order valence-electron chi connectivity index (χ3n) is 4.28. The minimum Gasteiger partial charge on any atom is -0.369 e. The number of rotatable bonds is 3. The summed E-state index contributed by atoms with van der Waals surface area (Å²) in [5.41, 5.74) is 1.25. The molecule has 0 amide bonds. The minimum absolute atomic E-state index is 0.172. The fraction of sp³-hybridized carbons (Fsp3) is 0.786. The maximum atomic E-state index is 5.88. The van der Waals surface area contributed by atoms with E-state index >= 15 is 0 Å². The Bertz CT molecular complexity index is 403. The van der Waals surface area contributed by atoms with E-state index in [0.29, 0.717) is 6.04 Å². The Morgan fingerprint density at radius 2 is 2.42 bits per heavy atom. The van der Waals surface area contributed by atoms with Gasteiger partial charge in [-0.2, -0.15) is 11.8 Å². The Morgan fingerprint density at radius 1 is 1.47 bits per heavy atom. The first-order valence-corrected chi connectivity index (χ1v) is 8.54. The van der Waals surface area contributed by atoms with Crippen molar-refractivity contribution in [3.63, 3.8) is 0 Å². The Kier molecular flexibility index (Phi) is 4.45. The molecule has 1 aromatic heterocycles. The number of aromatic nitrogens is 2. The third-order valence-corrected chi connectivity index (χ3v) is 5.37. The second-order valence-electron chi connectivity index (χ2n) is 5.47. The van der Waals surface area contributed by atoms with Crippen LogP contribution < -0.4 is 5.32 Å². The van der Waals surface area contributed by atoms with Crippen LogP contribution in [0.25, 0.3) is 0 Å². The summed E-state index contributed by atoms with van der Waals surface area (Å²) in [4.78, 5) is 4.37. The Hall–Kier alpha value is -0.520. The molecule has 5 heteroatoms. The average molecular weight is 281 g/mol. The summed E-state index contributed by atoms with van der Waals surface area (Å²) in [5, 5.41) is 4.21. The van der Waals surface area contributed by atoms with Crippen LogP contribution in [0, 0.1) is 0 Å². The summed E-state index contributed by atoms with van der Waals surface area (Å²) in [7, 11) is 0. The normalized spacial score (nSPS) is 32.4. The Morgan fingerprint density at radius 3 is 3.21 bits per heavy atom. The van der Waals surface area contributed by atoms with E-state index in [1.807, 2.05) is 24.3 Å². The number of ether oxygens (including phenoxy) is 1. The average Bonchev–Trinajstić information content (AvgIpc) is 2.98. The van der Waals surface area contributed by atoms with E-state index < -0.39 is 0 Å². The van der Waals surface area contributed by atoms with Gasteiger partial charge in [-0.15, -0.1) is 0 Å². The van der Waals surface area contributed by atoms with Gasteiger partial charge < -0.3 is 14.6 Å². The molecular formula is C14H23N3OS. The molecule has 19 heavy (non-hydrogen) atoms. The van der Waals surface area contributed by atoms with Crippen molar-refractivity contribution in [1.82, 2.24) is 14.9 Å². The van der Waals surface area contributed by atoms with E-state index in [1.54, 1.807) is 0 Å². The maximum absolute atomic E-state index is 5.88. The fourth-order valence-electron chi connectivity index (χ4n) is 3.21. The Labute approximate surface area is 119 Å². The minimum atomic E-state index is 0.172. The van der Waals surface area contributed by atoms with Crippen molar-refractivity contribution in [1.29, 1.82) is 0 Å². The lowest BCUT2D eigenvalue weighted by Gasteiger charge is -2.32. The molecule has 2 aliphatic rings. The highest BCUT2D eigenvalue weighted by Crippen LogP contribution is 2.35. The number of morpholine rings is 1. The summed E-state index contributed by atoms with van der Waals surface area (Å²) >= 11 is 2.01. The van der Waals surface area contributed by atoms with Crippen molar-refractivity contribution in [3.8, 4) is 0 Å². The lowest BCUT2D eigenvalue weighted by atomic mass is 9.94. The van der Waals surface area contributed by atoms with Crippen molar-refractivity contribution < 1.29 is 4.74 Å². The molecule has 3 atom stereocenters. The number of hydrogen-bond donors (Lipinski definition) is 1. The number of thioether (sulfide) groups is 1. The smallest absolute Gasteiger partial charge is 0.111 e. The highest BCUT2D eigenvalue weighted by atomic mass is 32.2. The molecule has 1 saturated carbocycles. The molecule has 0 spiro atoms. The summed E-state index contributed by atoms with van der Waals surface area (Å²) in [6.45, 7) is 2.67. The zero-order valence-corrected chi connectivity index (χ0v) is 12.4. The first-order valence-electron chi connectivity index (χ1n) is 7.25. The lowest BCUT2D eigenvalue weighted by molar-refractivity contribution is 0.0215. The standard InChI is InChI=1S/C14H23N3OS/c1-19-12-4-2-3-11(7-12)17-10-16-8-13(17)14-9-15-5-6-18-14/h8,10-12,14-15H,2-7,9H2,1H3. The van der Waals surface area contributed by atoms with Gasteiger partial charge >= 0.3 is 0 Å². The van der Waals surface area contributed by atoms with E-state index in [1.165, 1.54) is 31.4 Å². The Balaban J connectivity index is 1.75. The van der Waals surface area contributed by atoms with Crippen molar-refractivity contribution in [3.05, 3.63) is 18.2 Å². The van der Waals surface area contributed by atoms with Crippen LogP contribution in [0.1, 0.15) is 43.5 Å². The van der Waals surface area contributed by atoms with Crippen molar-refractivity contribution in [2.75, 3.05) is 26.0 Å². The van der Waals surface area contributed by atoms with Gasteiger partial charge in [-0.3, -0.25) is 0 Å². The maximum Gasteiger partial charge on any atom is 0.111 e. The molecule has 1 aliphatic heterocycles. The lowest BCUT2D eigenvalue weighted by Crippen LogP contribution is -2.35. The van der Waals surface area contributed by atoms with Gasteiger partial charge in [-0.25, -0.2) is 4.98 Å². The van der Waals surface area contributed by atoms with Crippen LogP contribution in [0.2, 0.25) is 0 Å². The highest BCUT2D eigenvalue weighted by Gasteiger charge is 2.27. The fourth-order valence-corrected chi connectivity index (χ4v) is 4.03. The molecule has 2 fully saturated rings.